The zero-order valence-corrected chi connectivity index (χ0v) is 12.8. The summed E-state index contributed by atoms with van der Waals surface area (Å²) in [5.41, 5.74) is 2.10. The van der Waals surface area contributed by atoms with Crippen LogP contribution in [0, 0.1) is 11.3 Å². The second-order valence-electron chi connectivity index (χ2n) is 6.09. The molecule has 3 aliphatic rings. The van der Waals surface area contributed by atoms with Crippen LogP contribution in [0.5, 0.6) is 0 Å². The molecule has 1 fully saturated rings. The third-order valence-electron chi connectivity index (χ3n) is 5.12. The summed E-state index contributed by atoms with van der Waals surface area (Å²) in [4.78, 5) is 12.0. The average Bonchev–Trinajstić information content (AvgIpc) is 2.55. The van der Waals surface area contributed by atoms with E-state index in [0.29, 0.717) is 5.92 Å². The molecular formula is C17H23NO3. The molecule has 1 aliphatic heterocycles. The van der Waals surface area contributed by atoms with Crippen molar-refractivity contribution in [1.82, 2.24) is 5.32 Å². The molecule has 2 atom stereocenters. The topological polar surface area (TPSA) is 47.6 Å². The van der Waals surface area contributed by atoms with Crippen molar-refractivity contribution in [3.8, 4) is 0 Å². The minimum atomic E-state index is -0.174. The van der Waals surface area contributed by atoms with Crippen molar-refractivity contribution in [3.63, 3.8) is 0 Å². The molecule has 114 valence electrons. The third-order valence-corrected chi connectivity index (χ3v) is 5.12. The van der Waals surface area contributed by atoms with Crippen LogP contribution in [0.25, 0.3) is 0 Å². The Balaban J connectivity index is 1.94. The van der Waals surface area contributed by atoms with Crippen LogP contribution in [-0.4, -0.2) is 26.7 Å². The van der Waals surface area contributed by atoms with Crippen molar-refractivity contribution < 1.29 is 14.3 Å². The molecule has 2 aliphatic carbocycles. The van der Waals surface area contributed by atoms with Gasteiger partial charge in [-0.3, -0.25) is 0 Å². The van der Waals surface area contributed by atoms with Gasteiger partial charge in [0, 0.05) is 23.6 Å². The molecule has 1 N–H and O–H groups in total. The first-order valence-corrected chi connectivity index (χ1v) is 7.69. The van der Waals surface area contributed by atoms with Gasteiger partial charge >= 0.3 is 5.97 Å². The maximum Gasteiger partial charge on any atom is 0.335 e. The highest BCUT2D eigenvalue weighted by Crippen LogP contribution is 2.52. The third kappa shape index (κ3) is 2.37. The summed E-state index contributed by atoms with van der Waals surface area (Å²) in [6.45, 7) is 0.950. The normalized spacial score (nSPS) is 31.3. The Bertz CT molecular complexity index is 532. The molecule has 1 heterocycles. The van der Waals surface area contributed by atoms with Crippen LogP contribution in [0.2, 0.25) is 0 Å². The molecule has 4 heteroatoms. The van der Waals surface area contributed by atoms with E-state index in [0.717, 1.165) is 55.7 Å². The standard InChI is InChI=1S/C17H23NO3/c1-20-12-5-8-17(9-6-12)10-7-13(16(19)21-2)15-14(17)4-3-11-18-15/h5-6,8,14,18H,3-4,7,9-11H2,1-2H3/t14-,17-/m0/s1. The summed E-state index contributed by atoms with van der Waals surface area (Å²) in [6.07, 6.45) is 11.6. The smallest absolute Gasteiger partial charge is 0.335 e. The summed E-state index contributed by atoms with van der Waals surface area (Å²) in [5.74, 6) is 1.15. The molecule has 0 bridgehead atoms. The fourth-order valence-corrected chi connectivity index (χ4v) is 3.96. The maximum atomic E-state index is 12.0. The molecule has 0 unspecified atom stereocenters. The molecule has 1 saturated heterocycles. The summed E-state index contributed by atoms with van der Waals surface area (Å²) >= 11 is 0. The zero-order valence-electron chi connectivity index (χ0n) is 12.8. The second kappa shape index (κ2) is 5.58. The van der Waals surface area contributed by atoms with Gasteiger partial charge in [0.25, 0.3) is 0 Å². The summed E-state index contributed by atoms with van der Waals surface area (Å²) < 4.78 is 10.3. The lowest BCUT2D eigenvalue weighted by molar-refractivity contribution is -0.136. The number of carbonyl (C=O) groups is 1. The molecule has 0 amide bonds. The van der Waals surface area contributed by atoms with Crippen molar-refractivity contribution >= 4 is 5.97 Å². The number of nitrogens with one attached hydrogen (secondary N) is 1. The van der Waals surface area contributed by atoms with Gasteiger partial charge in [0.1, 0.15) is 5.76 Å². The molecule has 21 heavy (non-hydrogen) atoms. The van der Waals surface area contributed by atoms with Gasteiger partial charge in [-0.05, 0) is 44.3 Å². The second-order valence-corrected chi connectivity index (χ2v) is 6.09. The quantitative estimate of drug-likeness (QED) is 0.794. The average molecular weight is 289 g/mol. The van der Waals surface area contributed by atoms with E-state index in [-0.39, 0.29) is 11.4 Å². The van der Waals surface area contributed by atoms with E-state index in [1.54, 1.807) is 7.11 Å². The molecule has 4 nitrogen and oxygen atoms in total. The molecule has 0 saturated carbocycles. The molecule has 0 aromatic carbocycles. The Morgan fingerprint density at radius 3 is 2.95 bits per heavy atom. The number of allylic oxidation sites excluding steroid dienone is 4. The molecule has 0 aromatic heterocycles. The Hall–Kier alpha value is -1.71. The van der Waals surface area contributed by atoms with Gasteiger partial charge in [-0.25, -0.2) is 4.79 Å². The zero-order chi connectivity index (χ0) is 14.9. The molecule has 0 aromatic rings. The van der Waals surface area contributed by atoms with Crippen LogP contribution in [0.1, 0.15) is 32.1 Å². The van der Waals surface area contributed by atoms with E-state index in [1.165, 1.54) is 7.11 Å². The van der Waals surface area contributed by atoms with Gasteiger partial charge < -0.3 is 14.8 Å². The van der Waals surface area contributed by atoms with Crippen LogP contribution < -0.4 is 5.32 Å². The van der Waals surface area contributed by atoms with E-state index in [9.17, 15) is 4.79 Å². The number of piperidine rings is 1. The molecule has 0 radical (unpaired) electrons. The van der Waals surface area contributed by atoms with Crippen molar-refractivity contribution in [1.29, 1.82) is 0 Å². The van der Waals surface area contributed by atoms with Crippen LogP contribution in [0.4, 0.5) is 0 Å². The fraction of sp³-hybridized carbons (Fsp3) is 0.588. The van der Waals surface area contributed by atoms with Gasteiger partial charge in [-0.2, -0.15) is 0 Å². The Labute approximate surface area is 125 Å². The minimum absolute atomic E-state index is 0.127. The van der Waals surface area contributed by atoms with Crippen LogP contribution >= 0.6 is 0 Å². The van der Waals surface area contributed by atoms with Gasteiger partial charge in [-0.15, -0.1) is 0 Å². The van der Waals surface area contributed by atoms with E-state index in [2.05, 4.69) is 23.5 Å². The predicted molar refractivity (Wildman–Crippen MR) is 80.3 cm³/mol. The van der Waals surface area contributed by atoms with Gasteiger partial charge in [0.2, 0.25) is 0 Å². The van der Waals surface area contributed by atoms with E-state index >= 15 is 0 Å². The largest absolute Gasteiger partial charge is 0.497 e. The lowest BCUT2D eigenvalue weighted by atomic mass is 9.60. The van der Waals surface area contributed by atoms with Crippen LogP contribution in [0.15, 0.2) is 35.3 Å². The maximum absolute atomic E-state index is 12.0. The first kappa shape index (κ1) is 14.2. The van der Waals surface area contributed by atoms with Crippen molar-refractivity contribution in [3.05, 3.63) is 35.3 Å². The highest BCUT2D eigenvalue weighted by Gasteiger charge is 2.45. The predicted octanol–water partition coefficient (Wildman–Crippen LogP) is 2.68. The van der Waals surface area contributed by atoms with Crippen molar-refractivity contribution in [2.75, 3.05) is 20.8 Å². The fourth-order valence-electron chi connectivity index (χ4n) is 3.96. The molecule has 3 rings (SSSR count). The highest BCUT2D eigenvalue weighted by atomic mass is 16.5. The molecular weight excluding hydrogens is 266 g/mol. The number of methoxy groups -OCH3 is 2. The monoisotopic (exact) mass is 289 g/mol. The Morgan fingerprint density at radius 2 is 2.29 bits per heavy atom. The lowest BCUT2D eigenvalue weighted by Crippen LogP contribution is -2.43. The van der Waals surface area contributed by atoms with Gasteiger partial charge in [0.15, 0.2) is 0 Å². The van der Waals surface area contributed by atoms with Crippen molar-refractivity contribution in [2.24, 2.45) is 11.3 Å². The van der Waals surface area contributed by atoms with Gasteiger partial charge in [0.05, 0.1) is 19.8 Å². The minimum Gasteiger partial charge on any atom is -0.497 e. The summed E-state index contributed by atoms with van der Waals surface area (Å²) in [6, 6.07) is 0. The summed E-state index contributed by atoms with van der Waals surface area (Å²) in [7, 11) is 3.17. The lowest BCUT2D eigenvalue weighted by Gasteiger charge is -2.47. The SMILES string of the molecule is COC(=O)C1=C2NCCC[C@@H]2[C@]2(C=CC(OC)=CC2)CC1. The summed E-state index contributed by atoms with van der Waals surface area (Å²) in [5, 5.41) is 3.48. The van der Waals surface area contributed by atoms with Crippen LogP contribution in [0.3, 0.4) is 0 Å². The van der Waals surface area contributed by atoms with Crippen LogP contribution in [-0.2, 0) is 14.3 Å². The number of hydrogen-bond acceptors (Lipinski definition) is 4. The number of hydrogen-bond donors (Lipinski definition) is 1. The number of rotatable bonds is 2. The first-order chi connectivity index (χ1) is 10.2. The van der Waals surface area contributed by atoms with E-state index in [1.807, 2.05) is 0 Å². The number of esters is 1. The van der Waals surface area contributed by atoms with Crippen molar-refractivity contribution in [2.45, 2.75) is 32.1 Å². The number of fused-ring (bicyclic) bond motifs is 2. The van der Waals surface area contributed by atoms with Gasteiger partial charge in [-0.1, -0.05) is 6.08 Å². The first-order valence-electron chi connectivity index (χ1n) is 7.69. The number of carbonyl (C=O) groups excluding carboxylic acids is 1. The van der Waals surface area contributed by atoms with E-state index < -0.39 is 0 Å². The Morgan fingerprint density at radius 1 is 1.43 bits per heavy atom. The Kier molecular flexibility index (Phi) is 3.79. The van der Waals surface area contributed by atoms with E-state index in [4.69, 9.17) is 9.47 Å². The number of ether oxygens (including phenoxy) is 2. The molecule has 1 spiro atoms. The highest BCUT2D eigenvalue weighted by molar-refractivity contribution is 5.89.